The SMILES string of the molecule is COc1ccc(-n2c(C)cc(/C=C(\C#N)C(=O)Nc3ccc(CS(N)(=O)=O)cc3)c2C)cc1. The summed E-state index contributed by atoms with van der Waals surface area (Å²) >= 11 is 0. The van der Waals surface area contributed by atoms with Crippen molar-refractivity contribution in [1.29, 1.82) is 5.26 Å². The zero-order chi connectivity index (χ0) is 24.2. The molecule has 8 nitrogen and oxygen atoms in total. The first-order valence-electron chi connectivity index (χ1n) is 9.97. The molecule has 1 amide bonds. The van der Waals surface area contributed by atoms with Crippen LogP contribution in [-0.2, 0) is 20.6 Å². The van der Waals surface area contributed by atoms with Crippen LogP contribution in [0.1, 0.15) is 22.5 Å². The molecule has 0 aliphatic carbocycles. The van der Waals surface area contributed by atoms with Gasteiger partial charge in [0.1, 0.15) is 17.4 Å². The summed E-state index contributed by atoms with van der Waals surface area (Å²) in [4.78, 5) is 12.7. The highest BCUT2D eigenvalue weighted by atomic mass is 32.2. The third-order valence-corrected chi connectivity index (χ3v) is 5.78. The van der Waals surface area contributed by atoms with Gasteiger partial charge in [0.15, 0.2) is 0 Å². The number of amides is 1. The van der Waals surface area contributed by atoms with Crippen molar-refractivity contribution < 1.29 is 17.9 Å². The third kappa shape index (κ3) is 5.88. The summed E-state index contributed by atoms with van der Waals surface area (Å²) in [5, 5.41) is 17.3. The predicted molar refractivity (Wildman–Crippen MR) is 127 cm³/mol. The standard InChI is InChI=1S/C24H24N4O4S/c1-16-12-19(17(2)28(16)22-8-10-23(32-3)11-9-22)13-20(14-25)24(29)27-21-6-4-18(5-7-21)15-33(26,30)31/h4-13H,15H2,1-3H3,(H,27,29)(H2,26,30,31)/b20-13+. The highest BCUT2D eigenvalue weighted by molar-refractivity contribution is 7.88. The van der Waals surface area contributed by atoms with E-state index >= 15 is 0 Å². The van der Waals surface area contributed by atoms with Crippen LogP contribution in [0.25, 0.3) is 11.8 Å². The Kier molecular flexibility index (Phi) is 7.01. The first-order chi connectivity index (χ1) is 15.6. The molecule has 33 heavy (non-hydrogen) atoms. The molecule has 1 heterocycles. The molecule has 3 aromatic rings. The summed E-state index contributed by atoms with van der Waals surface area (Å²) in [6, 6.07) is 17.7. The summed E-state index contributed by atoms with van der Waals surface area (Å²) in [5.41, 5.74) is 4.39. The normalized spacial score (nSPS) is 11.7. The molecule has 0 atom stereocenters. The quantitative estimate of drug-likeness (QED) is 0.409. The van der Waals surface area contributed by atoms with E-state index in [9.17, 15) is 18.5 Å². The van der Waals surface area contributed by atoms with Crippen LogP contribution in [0.4, 0.5) is 5.69 Å². The monoisotopic (exact) mass is 464 g/mol. The van der Waals surface area contributed by atoms with Crippen LogP contribution in [-0.4, -0.2) is 26.0 Å². The number of primary sulfonamides is 1. The Bertz CT molecular complexity index is 1350. The molecular weight excluding hydrogens is 440 g/mol. The maximum absolute atomic E-state index is 12.7. The fourth-order valence-corrected chi connectivity index (χ4v) is 4.14. The summed E-state index contributed by atoms with van der Waals surface area (Å²) in [6.07, 6.45) is 1.55. The topological polar surface area (TPSA) is 127 Å². The van der Waals surface area contributed by atoms with Crippen molar-refractivity contribution in [1.82, 2.24) is 4.57 Å². The molecular formula is C24H24N4O4S. The molecule has 0 aliphatic heterocycles. The van der Waals surface area contributed by atoms with Crippen LogP contribution in [0, 0.1) is 25.2 Å². The molecule has 0 saturated carbocycles. The van der Waals surface area contributed by atoms with Crippen LogP contribution in [0.5, 0.6) is 5.75 Å². The molecule has 0 aliphatic rings. The predicted octanol–water partition coefficient (Wildman–Crippen LogP) is 3.44. The lowest BCUT2D eigenvalue weighted by molar-refractivity contribution is -0.112. The number of carbonyl (C=O) groups excluding carboxylic acids is 1. The Balaban J connectivity index is 1.83. The minimum Gasteiger partial charge on any atom is -0.497 e. The van der Waals surface area contributed by atoms with Gasteiger partial charge in [-0.1, -0.05) is 12.1 Å². The summed E-state index contributed by atoms with van der Waals surface area (Å²) in [7, 11) is -2.03. The Morgan fingerprint density at radius 3 is 2.33 bits per heavy atom. The summed E-state index contributed by atoms with van der Waals surface area (Å²) in [5.74, 6) is -0.109. The molecule has 170 valence electrons. The van der Waals surface area contributed by atoms with Gasteiger partial charge in [0, 0.05) is 22.8 Å². The second-order valence-electron chi connectivity index (χ2n) is 7.49. The van der Waals surface area contributed by atoms with Gasteiger partial charge in [0.2, 0.25) is 10.0 Å². The fourth-order valence-electron chi connectivity index (χ4n) is 3.48. The number of aryl methyl sites for hydroxylation is 1. The maximum Gasteiger partial charge on any atom is 0.266 e. The van der Waals surface area contributed by atoms with Gasteiger partial charge in [-0.3, -0.25) is 4.79 Å². The van der Waals surface area contributed by atoms with Crippen molar-refractivity contribution in [2.75, 3.05) is 12.4 Å². The largest absolute Gasteiger partial charge is 0.497 e. The van der Waals surface area contributed by atoms with Crippen LogP contribution in [0.3, 0.4) is 0 Å². The number of nitriles is 1. The number of nitrogens with one attached hydrogen (secondary N) is 1. The van der Waals surface area contributed by atoms with E-state index in [-0.39, 0.29) is 11.3 Å². The number of sulfonamides is 1. The second kappa shape index (κ2) is 9.73. The number of hydrogen-bond acceptors (Lipinski definition) is 5. The van der Waals surface area contributed by atoms with E-state index in [1.807, 2.05) is 54.8 Å². The van der Waals surface area contributed by atoms with Gasteiger partial charge < -0.3 is 14.6 Å². The number of nitrogens with zero attached hydrogens (tertiary/aromatic N) is 2. The molecule has 0 radical (unpaired) electrons. The Hall–Kier alpha value is -3.87. The number of ether oxygens (including phenoxy) is 1. The summed E-state index contributed by atoms with van der Waals surface area (Å²) < 4.78 is 29.6. The van der Waals surface area contributed by atoms with Crippen molar-refractivity contribution in [2.45, 2.75) is 19.6 Å². The van der Waals surface area contributed by atoms with Crippen molar-refractivity contribution >= 4 is 27.7 Å². The molecule has 9 heteroatoms. The molecule has 0 spiro atoms. The minimum absolute atomic E-state index is 0.0569. The van der Waals surface area contributed by atoms with Gasteiger partial charge in [-0.25, -0.2) is 13.6 Å². The van der Waals surface area contributed by atoms with E-state index in [0.29, 0.717) is 11.3 Å². The summed E-state index contributed by atoms with van der Waals surface area (Å²) in [6.45, 7) is 3.87. The number of carbonyl (C=O) groups is 1. The molecule has 0 saturated heterocycles. The van der Waals surface area contributed by atoms with Gasteiger partial charge in [-0.2, -0.15) is 5.26 Å². The lowest BCUT2D eigenvalue weighted by Crippen LogP contribution is -2.15. The van der Waals surface area contributed by atoms with E-state index in [2.05, 4.69) is 5.32 Å². The third-order valence-electron chi connectivity index (χ3n) is 5.05. The van der Waals surface area contributed by atoms with Crippen molar-refractivity contribution in [3.63, 3.8) is 0 Å². The van der Waals surface area contributed by atoms with Crippen molar-refractivity contribution in [3.05, 3.63) is 82.7 Å². The average Bonchev–Trinajstić information content (AvgIpc) is 3.05. The smallest absolute Gasteiger partial charge is 0.266 e. The molecule has 0 unspecified atom stereocenters. The molecule has 3 N–H and O–H groups in total. The lowest BCUT2D eigenvalue weighted by atomic mass is 10.1. The highest BCUT2D eigenvalue weighted by Crippen LogP contribution is 2.24. The van der Waals surface area contributed by atoms with E-state index in [1.54, 1.807) is 37.5 Å². The van der Waals surface area contributed by atoms with Crippen molar-refractivity contribution in [3.8, 4) is 17.5 Å². The molecule has 0 fully saturated rings. The Morgan fingerprint density at radius 1 is 1.15 bits per heavy atom. The zero-order valence-corrected chi connectivity index (χ0v) is 19.3. The zero-order valence-electron chi connectivity index (χ0n) is 18.5. The van der Waals surface area contributed by atoms with Crippen LogP contribution < -0.4 is 15.2 Å². The minimum atomic E-state index is -3.64. The van der Waals surface area contributed by atoms with E-state index in [0.717, 1.165) is 28.4 Å². The molecule has 1 aromatic heterocycles. The number of aromatic nitrogens is 1. The van der Waals surface area contributed by atoms with Crippen LogP contribution in [0.2, 0.25) is 0 Å². The molecule has 2 aromatic carbocycles. The first-order valence-corrected chi connectivity index (χ1v) is 11.7. The van der Waals surface area contributed by atoms with E-state index in [4.69, 9.17) is 9.88 Å². The van der Waals surface area contributed by atoms with Gasteiger partial charge in [-0.15, -0.1) is 0 Å². The average molecular weight is 465 g/mol. The number of methoxy groups -OCH3 is 1. The van der Waals surface area contributed by atoms with Gasteiger partial charge in [0.05, 0.1) is 12.9 Å². The number of benzene rings is 2. The first kappa shape index (κ1) is 23.8. The number of nitrogens with two attached hydrogens (primary N) is 1. The number of hydrogen-bond donors (Lipinski definition) is 2. The van der Waals surface area contributed by atoms with Gasteiger partial charge >= 0.3 is 0 Å². The van der Waals surface area contributed by atoms with Crippen LogP contribution in [0.15, 0.2) is 60.2 Å². The molecule has 3 rings (SSSR count). The van der Waals surface area contributed by atoms with Crippen LogP contribution >= 0.6 is 0 Å². The van der Waals surface area contributed by atoms with E-state index < -0.39 is 15.9 Å². The van der Waals surface area contributed by atoms with Crippen molar-refractivity contribution in [2.24, 2.45) is 5.14 Å². The maximum atomic E-state index is 12.7. The van der Waals surface area contributed by atoms with Gasteiger partial charge in [-0.05, 0) is 73.5 Å². The highest BCUT2D eigenvalue weighted by Gasteiger charge is 2.14. The Labute approximate surface area is 193 Å². The lowest BCUT2D eigenvalue weighted by Gasteiger charge is -2.10. The van der Waals surface area contributed by atoms with E-state index in [1.165, 1.54) is 0 Å². The Morgan fingerprint density at radius 2 is 1.79 bits per heavy atom. The number of rotatable bonds is 7. The molecule has 0 bridgehead atoms. The van der Waals surface area contributed by atoms with Gasteiger partial charge in [0.25, 0.3) is 5.91 Å². The second-order valence-corrected chi connectivity index (χ2v) is 9.10. The fraction of sp³-hybridized carbons (Fsp3) is 0.167. The number of anilines is 1.